The van der Waals surface area contributed by atoms with Crippen molar-refractivity contribution < 1.29 is 4.52 Å². The SMILES string of the molecule is CN=C(NCc1ccc(CN2CCCCC2)cc1)N1CCN(Cc2ccon2)CC1. The number of likely N-dealkylation sites (tertiary alicyclic amines) is 1. The molecule has 0 unspecified atom stereocenters. The van der Waals surface area contributed by atoms with Gasteiger partial charge in [-0.1, -0.05) is 35.8 Å². The molecule has 1 N–H and O–H groups in total. The predicted octanol–water partition coefficient (Wildman–Crippen LogP) is 2.55. The van der Waals surface area contributed by atoms with E-state index in [-0.39, 0.29) is 0 Å². The molecule has 2 fully saturated rings. The van der Waals surface area contributed by atoms with Crippen LogP contribution in [0.15, 0.2) is 46.1 Å². The molecular formula is C23H34N6O. The Bertz CT molecular complexity index is 775. The molecule has 0 amide bonds. The number of nitrogens with one attached hydrogen (secondary N) is 1. The summed E-state index contributed by atoms with van der Waals surface area (Å²) in [7, 11) is 1.87. The fourth-order valence-electron chi connectivity index (χ4n) is 4.32. The average Bonchev–Trinajstić information content (AvgIpc) is 3.30. The first kappa shape index (κ1) is 20.9. The zero-order valence-electron chi connectivity index (χ0n) is 18.1. The molecule has 0 radical (unpaired) electrons. The number of hydrogen-bond donors (Lipinski definition) is 1. The van der Waals surface area contributed by atoms with Crippen molar-refractivity contribution in [3.8, 4) is 0 Å². The maximum Gasteiger partial charge on any atom is 0.194 e. The molecule has 3 heterocycles. The zero-order chi connectivity index (χ0) is 20.6. The fraction of sp³-hybridized carbons (Fsp3) is 0.565. The largest absolute Gasteiger partial charge is 0.364 e. The van der Waals surface area contributed by atoms with E-state index in [1.807, 2.05) is 13.1 Å². The third kappa shape index (κ3) is 5.83. The van der Waals surface area contributed by atoms with Crippen LogP contribution >= 0.6 is 0 Å². The minimum Gasteiger partial charge on any atom is -0.364 e. The molecular weight excluding hydrogens is 376 g/mol. The lowest BCUT2D eigenvalue weighted by Gasteiger charge is -2.36. The Hall–Kier alpha value is -2.38. The molecule has 2 aliphatic heterocycles. The van der Waals surface area contributed by atoms with Gasteiger partial charge in [0.15, 0.2) is 5.96 Å². The molecule has 0 saturated carbocycles. The molecule has 30 heavy (non-hydrogen) atoms. The van der Waals surface area contributed by atoms with Gasteiger partial charge in [0.05, 0.1) is 5.69 Å². The topological polar surface area (TPSA) is 60.1 Å². The molecule has 7 nitrogen and oxygen atoms in total. The molecule has 2 aromatic rings. The van der Waals surface area contributed by atoms with Gasteiger partial charge in [-0.05, 0) is 37.1 Å². The molecule has 7 heteroatoms. The summed E-state index contributed by atoms with van der Waals surface area (Å²) in [4.78, 5) is 11.8. The summed E-state index contributed by atoms with van der Waals surface area (Å²) in [5.74, 6) is 0.980. The zero-order valence-corrected chi connectivity index (χ0v) is 18.1. The third-order valence-electron chi connectivity index (χ3n) is 6.09. The molecule has 0 bridgehead atoms. The Morgan fingerprint density at radius 3 is 2.27 bits per heavy atom. The first-order chi connectivity index (χ1) is 14.8. The highest BCUT2D eigenvalue weighted by molar-refractivity contribution is 5.80. The van der Waals surface area contributed by atoms with Crippen molar-refractivity contribution in [1.82, 2.24) is 25.2 Å². The van der Waals surface area contributed by atoms with E-state index in [2.05, 4.69) is 54.4 Å². The van der Waals surface area contributed by atoms with Gasteiger partial charge < -0.3 is 14.7 Å². The van der Waals surface area contributed by atoms with E-state index in [1.54, 1.807) is 6.26 Å². The maximum atomic E-state index is 4.93. The van der Waals surface area contributed by atoms with Crippen LogP contribution in [0.2, 0.25) is 0 Å². The Balaban J connectivity index is 1.21. The summed E-state index contributed by atoms with van der Waals surface area (Å²) in [5.41, 5.74) is 3.70. The van der Waals surface area contributed by atoms with Crippen molar-refractivity contribution in [3.05, 3.63) is 53.4 Å². The van der Waals surface area contributed by atoms with Crippen molar-refractivity contribution >= 4 is 5.96 Å². The lowest BCUT2D eigenvalue weighted by Crippen LogP contribution is -2.52. The Labute approximate surface area is 179 Å². The van der Waals surface area contributed by atoms with Gasteiger partial charge >= 0.3 is 0 Å². The lowest BCUT2D eigenvalue weighted by molar-refractivity contribution is 0.169. The van der Waals surface area contributed by atoms with Crippen molar-refractivity contribution in [2.24, 2.45) is 4.99 Å². The van der Waals surface area contributed by atoms with E-state index in [4.69, 9.17) is 4.52 Å². The average molecular weight is 411 g/mol. The number of aromatic nitrogens is 1. The van der Waals surface area contributed by atoms with Gasteiger partial charge in [-0.3, -0.25) is 14.8 Å². The van der Waals surface area contributed by atoms with Crippen LogP contribution in [0.3, 0.4) is 0 Å². The molecule has 1 aromatic heterocycles. The monoisotopic (exact) mass is 410 g/mol. The van der Waals surface area contributed by atoms with Gasteiger partial charge in [-0.15, -0.1) is 0 Å². The molecule has 4 rings (SSSR count). The second kappa shape index (κ2) is 10.6. The summed E-state index contributed by atoms with van der Waals surface area (Å²) >= 11 is 0. The molecule has 162 valence electrons. The van der Waals surface area contributed by atoms with Crippen molar-refractivity contribution in [2.45, 2.75) is 38.9 Å². The van der Waals surface area contributed by atoms with Crippen LogP contribution in [0.25, 0.3) is 0 Å². The summed E-state index contributed by atoms with van der Waals surface area (Å²) in [6.07, 6.45) is 5.71. The van der Waals surface area contributed by atoms with Crippen LogP contribution in [-0.4, -0.2) is 72.1 Å². The van der Waals surface area contributed by atoms with Crippen LogP contribution in [0.5, 0.6) is 0 Å². The second-order valence-electron chi connectivity index (χ2n) is 8.31. The summed E-state index contributed by atoms with van der Waals surface area (Å²) in [6.45, 7) is 9.14. The van der Waals surface area contributed by atoms with Crippen LogP contribution in [-0.2, 0) is 19.6 Å². The number of nitrogens with zero attached hydrogens (tertiary/aromatic N) is 5. The number of piperidine rings is 1. The number of rotatable bonds is 6. The maximum absolute atomic E-state index is 4.93. The second-order valence-corrected chi connectivity index (χ2v) is 8.31. The normalized spacial score (nSPS) is 19.2. The smallest absolute Gasteiger partial charge is 0.194 e. The first-order valence-electron chi connectivity index (χ1n) is 11.2. The van der Waals surface area contributed by atoms with Crippen LogP contribution in [0.1, 0.15) is 36.1 Å². The van der Waals surface area contributed by atoms with E-state index in [0.29, 0.717) is 0 Å². The van der Waals surface area contributed by atoms with Gasteiger partial charge in [0.1, 0.15) is 6.26 Å². The van der Waals surface area contributed by atoms with Crippen molar-refractivity contribution in [3.63, 3.8) is 0 Å². The lowest BCUT2D eigenvalue weighted by atomic mass is 10.1. The Morgan fingerprint density at radius 1 is 0.900 bits per heavy atom. The fourth-order valence-corrected chi connectivity index (χ4v) is 4.32. The van der Waals surface area contributed by atoms with Gasteiger partial charge in [-0.2, -0.15) is 0 Å². The molecule has 2 aliphatic rings. The minimum absolute atomic E-state index is 0.801. The van der Waals surface area contributed by atoms with Gasteiger partial charge in [0, 0.05) is 58.9 Å². The third-order valence-corrected chi connectivity index (χ3v) is 6.09. The number of piperazine rings is 1. The van der Waals surface area contributed by atoms with E-state index < -0.39 is 0 Å². The van der Waals surface area contributed by atoms with Crippen LogP contribution in [0, 0.1) is 0 Å². The Kier molecular flexibility index (Phi) is 7.37. The molecule has 0 aliphatic carbocycles. The van der Waals surface area contributed by atoms with E-state index in [0.717, 1.165) is 57.5 Å². The van der Waals surface area contributed by atoms with E-state index >= 15 is 0 Å². The van der Waals surface area contributed by atoms with Gasteiger partial charge in [0.2, 0.25) is 0 Å². The standard InChI is InChI=1S/C23H34N6O/c1-24-23(29-14-12-28(13-15-29)19-22-9-16-30-26-22)25-17-20-5-7-21(8-6-20)18-27-10-3-2-4-11-27/h5-9,16H,2-4,10-15,17-19H2,1H3,(H,24,25). The molecule has 1 aromatic carbocycles. The highest BCUT2D eigenvalue weighted by atomic mass is 16.5. The first-order valence-corrected chi connectivity index (χ1v) is 11.2. The highest BCUT2D eigenvalue weighted by Crippen LogP contribution is 2.14. The molecule has 0 atom stereocenters. The minimum atomic E-state index is 0.801. The summed E-state index contributed by atoms with van der Waals surface area (Å²) in [5, 5.41) is 7.55. The van der Waals surface area contributed by atoms with Crippen molar-refractivity contribution in [1.29, 1.82) is 0 Å². The molecule has 0 spiro atoms. The van der Waals surface area contributed by atoms with Gasteiger partial charge in [-0.25, -0.2) is 0 Å². The predicted molar refractivity (Wildman–Crippen MR) is 119 cm³/mol. The highest BCUT2D eigenvalue weighted by Gasteiger charge is 2.20. The summed E-state index contributed by atoms with van der Waals surface area (Å²) < 4.78 is 4.93. The number of guanidine groups is 1. The van der Waals surface area contributed by atoms with Crippen molar-refractivity contribution in [2.75, 3.05) is 46.3 Å². The van der Waals surface area contributed by atoms with E-state index in [9.17, 15) is 0 Å². The van der Waals surface area contributed by atoms with E-state index in [1.165, 1.54) is 43.5 Å². The van der Waals surface area contributed by atoms with Crippen LogP contribution < -0.4 is 5.32 Å². The quantitative estimate of drug-likeness (QED) is 0.583. The summed E-state index contributed by atoms with van der Waals surface area (Å²) in [6, 6.07) is 11.0. The number of benzene rings is 1. The Morgan fingerprint density at radius 2 is 1.60 bits per heavy atom. The van der Waals surface area contributed by atoms with Crippen LogP contribution in [0.4, 0.5) is 0 Å². The number of aliphatic imine (C=N–C) groups is 1. The molecule has 2 saturated heterocycles. The number of hydrogen-bond acceptors (Lipinski definition) is 5. The van der Waals surface area contributed by atoms with Gasteiger partial charge in [0.25, 0.3) is 0 Å².